The van der Waals surface area contributed by atoms with Gasteiger partial charge in [0.05, 0.1) is 18.0 Å². The van der Waals surface area contributed by atoms with Crippen molar-refractivity contribution in [3.63, 3.8) is 0 Å². The topological polar surface area (TPSA) is 55.9 Å². The molecule has 5 heteroatoms. The van der Waals surface area contributed by atoms with Crippen LogP contribution in [0.5, 0.6) is 0 Å². The number of hydrogen-bond donors (Lipinski definition) is 1. The third-order valence-corrected chi connectivity index (χ3v) is 3.29. The molecular weight excluding hydrogens is 216 g/mol. The zero-order valence-corrected chi connectivity index (χ0v) is 10.1. The maximum atomic E-state index is 9.41. The zero-order chi connectivity index (χ0) is 12.0. The van der Waals surface area contributed by atoms with Crippen molar-refractivity contribution in [2.24, 2.45) is 7.05 Å². The van der Waals surface area contributed by atoms with Crippen LogP contribution in [0.25, 0.3) is 5.82 Å². The number of aromatic nitrogens is 4. The van der Waals surface area contributed by atoms with Gasteiger partial charge in [0.2, 0.25) is 0 Å². The number of aliphatic hydroxyl groups is 1. The molecule has 0 aromatic carbocycles. The highest BCUT2D eigenvalue weighted by Crippen LogP contribution is 2.39. The molecule has 1 aliphatic carbocycles. The van der Waals surface area contributed by atoms with E-state index in [9.17, 15) is 5.11 Å². The summed E-state index contributed by atoms with van der Waals surface area (Å²) in [5.41, 5.74) is 2.85. The number of aliphatic hydroxyl groups excluding tert-OH is 1. The lowest BCUT2D eigenvalue weighted by atomic mass is 10.2. The van der Waals surface area contributed by atoms with E-state index in [4.69, 9.17) is 0 Å². The van der Waals surface area contributed by atoms with Crippen molar-refractivity contribution in [2.75, 3.05) is 0 Å². The molecule has 1 N–H and O–H groups in total. The normalized spacial score (nSPS) is 15.5. The second-order valence-corrected chi connectivity index (χ2v) is 4.63. The van der Waals surface area contributed by atoms with Crippen molar-refractivity contribution in [1.82, 2.24) is 19.6 Å². The van der Waals surface area contributed by atoms with E-state index in [1.807, 2.05) is 24.9 Å². The van der Waals surface area contributed by atoms with Gasteiger partial charge in [-0.05, 0) is 25.8 Å². The molecule has 0 spiro atoms. The Morgan fingerprint density at radius 3 is 2.82 bits per heavy atom. The van der Waals surface area contributed by atoms with E-state index in [1.54, 1.807) is 4.68 Å². The van der Waals surface area contributed by atoms with Gasteiger partial charge in [-0.25, -0.2) is 4.68 Å². The molecule has 0 saturated heterocycles. The van der Waals surface area contributed by atoms with Crippen LogP contribution >= 0.6 is 0 Å². The van der Waals surface area contributed by atoms with Crippen LogP contribution in [-0.4, -0.2) is 24.7 Å². The van der Waals surface area contributed by atoms with E-state index in [-0.39, 0.29) is 6.61 Å². The van der Waals surface area contributed by atoms with E-state index in [0.29, 0.717) is 5.92 Å². The summed E-state index contributed by atoms with van der Waals surface area (Å²) in [5.74, 6) is 1.50. The van der Waals surface area contributed by atoms with Gasteiger partial charge < -0.3 is 5.11 Å². The standard InChI is InChI=1S/C12H16N4O/c1-8-10(7-17)12(15(2)13-8)16-6-5-11(14-16)9-3-4-9/h5-6,9,17H,3-4,7H2,1-2H3. The Kier molecular flexibility index (Phi) is 2.29. The molecule has 0 bridgehead atoms. The molecule has 3 rings (SSSR count). The molecule has 0 radical (unpaired) electrons. The van der Waals surface area contributed by atoms with Crippen molar-refractivity contribution < 1.29 is 5.11 Å². The predicted molar refractivity (Wildman–Crippen MR) is 63.0 cm³/mol. The fourth-order valence-electron chi connectivity index (χ4n) is 2.21. The summed E-state index contributed by atoms with van der Waals surface area (Å²) in [4.78, 5) is 0. The molecule has 0 amide bonds. The first-order valence-electron chi connectivity index (χ1n) is 5.90. The number of aryl methyl sites for hydroxylation is 2. The van der Waals surface area contributed by atoms with E-state index >= 15 is 0 Å². The largest absolute Gasteiger partial charge is 0.391 e. The molecule has 90 valence electrons. The summed E-state index contributed by atoms with van der Waals surface area (Å²) in [6.45, 7) is 1.90. The molecular formula is C12H16N4O. The minimum absolute atomic E-state index is 0.00632. The lowest BCUT2D eigenvalue weighted by molar-refractivity contribution is 0.280. The average molecular weight is 232 g/mol. The van der Waals surface area contributed by atoms with Gasteiger partial charge in [-0.3, -0.25) is 4.68 Å². The van der Waals surface area contributed by atoms with Gasteiger partial charge in [0, 0.05) is 24.7 Å². The highest BCUT2D eigenvalue weighted by atomic mass is 16.3. The Labute approximate surface area is 99.7 Å². The van der Waals surface area contributed by atoms with Gasteiger partial charge in [0.15, 0.2) is 5.82 Å². The predicted octanol–water partition coefficient (Wildman–Crippen LogP) is 1.28. The Balaban J connectivity index is 2.06. The molecule has 1 saturated carbocycles. The maximum absolute atomic E-state index is 9.41. The Morgan fingerprint density at radius 1 is 1.41 bits per heavy atom. The summed E-state index contributed by atoms with van der Waals surface area (Å²) in [6.07, 6.45) is 4.44. The molecule has 1 aliphatic rings. The molecule has 2 aromatic rings. The number of nitrogens with zero attached hydrogens (tertiary/aromatic N) is 4. The zero-order valence-electron chi connectivity index (χ0n) is 10.1. The smallest absolute Gasteiger partial charge is 0.157 e. The summed E-state index contributed by atoms with van der Waals surface area (Å²) >= 11 is 0. The third kappa shape index (κ3) is 1.67. The van der Waals surface area contributed by atoms with Crippen LogP contribution in [0, 0.1) is 6.92 Å². The number of rotatable bonds is 3. The average Bonchev–Trinajstić information content (AvgIpc) is 2.96. The second-order valence-electron chi connectivity index (χ2n) is 4.63. The van der Waals surface area contributed by atoms with Crippen LogP contribution in [0.3, 0.4) is 0 Å². The van der Waals surface area contributed by atoms with Gasteiger partial charge in [0.25, 0.3) is 0 Å². The van der Waals surface area contributed by atoms with Crippen LogP contribution in [-0.2, 0) is 13.7 Å². The van der Waals surface area contributed by atoms with Crippen LogP contribution in [0.4, 0.5) is 0 Å². The van der Waals surface area contributed by atoms with Gasteiger partial charge >= 0.3 is 0 Å². The minimum atomic E-state index is -0.00632. The second kappa shape index (κ2) is 3.70. The molecule has 2 aromatic heterocycles. The highest BCUT2D eigenvalue weighted by molar-refractivity contribution is 5.37. The van der Waals surface area contributed by atoms with Gasteiger partial charge in [-0.2, -0.15) is 10.2 Å². The monoisotopic (exact) mass is 232 g/mol. The molecule has 0 aliphatic heterocycles. The molecule has 17 heavy (non-hydrogen) atoms. The highest BCUT2D eigenvalue weighted by Gasteiger charge is 2.26. The van der Waals surface area contributed by atoms with E-state index < -0.39 is 0 Å². The Morgan fingerprint density at radius 2 is 2.18 bits per heavy atom. The van der Waals surface area contributed by atoms with Crippen molar-refractivity contribution in [3.8, 4) is 5.82 Å². The quantitative estimate of drug-likeness (QED) is 0.867. The fourth-order valence-corrected chi connectivity index (χ4v) is 2.21. The van der Waals surface area contributed by atoms with Crippen LogP contribution < -0.4 is 0 Å². The lowest BCUT2D eigenvalue weighted by Gasteiger charge is -2.04. The summed E-state index contributed by atoms with van der Waals surface area (Å²) in [7, 11) is 1.87. The SMILES string of the molecule is Cc1nn(C)c(-n2ccc(C3CC3)n2)c1CO. The minimum Gasteiger partial charge on any atom is -0.391 e. The third-order valence-electron chi connectivity index (χ3n) is 3.29. The van der Waals surface area contributed by atoms with Crippen LogP contribution in [0.2, 0.25) is 0 Å². The molecule has 0 atom stereocenters. The summed E-state index contributed by atoms with van der Waals surface area (Å²) < 4.78 is 3.59. The summed E-state index contributed by atoms with van der Waals surface area (Å²) in [5, 5.41) is 18.3. The first-order valence-corrected chi connectivity index (χ1v) is 5.90. The first-order chi connectivity index (χ1) is 8.20. The van der Waals surface area contributed by atoms with Crippen molar-refractivity contribution in [1.29, 1.82) is 0 Å². The summed E-state index contributed by atoms with van der Waals surface area (Å²) in [6, 6.07) is 2.06. The van der Waals surface area contributed by atoms with E-state index in [0.717, 1.165) is 22.8 Å². The van der Waals surface area contributed by atoms with E-state index in [1.165, 1.54) is 12.8 Å². The van der Waals surface area contributed by atoms with Crippen LogP contribution in [0.1, 0.15) is 35.7 Å². The Bertz CT molecular complexity index is 551. The van der Waals surface area contributed by atoms with Crippen LogP contribution in [0.15, 0.2) is 12.3 Å². The molecule has 0 unspecified atom stereocenters. The fraction of sp³-hybridized carbons (Fsp3) is 0.500. The molecule has 5 nitrogen and oxygen atoms in total. The number of hydrogen-bond acceptors (Lipinski definition) is 3. The van der Waals surface area contributed by atoms with Gasteiger partial charge in [0.1, 0.15) is 0 Å². The lowest BCUT2D eigenvalue weighted by Crippen LogP contribution is -2.06. The van der Waals surface area contributed by atoms with Gasteiger partial charge in [-0.15, -0.1) is 0 Å². The maximum Gasteiger partial charge on any atom is 0.157 e. The van der Waals surface area contributed by atoms with Crippen molar-refractivity contribution >= 4 is 0 Å². The Hall–Kier alpha value is -1.62. The molecule has 2 heterocycles. The van der Waals surface area contributed by atoms with Crippen molar-refractivity contribution in [3.05, 3.63) is 29.2 Å². The van der Waals surface area contributed by atoms with E-state index in [2.05, 4.69) is 16.3 Å². The van der Waals surface area contributed by atoms with Gasteiger partial charge in [-0.1, -0.05) is 0 Å². The van der Waals surface area contributed by atoms with Crippen molar-refractivity contribution in [2.45, 2.75) is 32.3 Å². The first kappa shape index (κ1) is 10.5. The molecule has 1 fully saturated rings.